The monoisotopic (exact) mass is 692 g/mol. The molecule has 3 heterocycles. The number of ether oxygens (including phenoxy) is 5. The molecule has 0 radical (unpaired) electrons. The molecule has 1 saturated carbocycles. The molecule has 2 fully saturated rings. The fourth-order valence-electron chi connectivity index (χ4n) is 6.99. The van der Waals surface area contributed by atoms with Gasteiger partial charge in [-0.2, -0.15) is 0 Å². The molecular formula is C40H44N4O7. The summed E-state index contributed by atoms with van der Waals surface area (Å²) >= 11 is 0. The first-order chi connectivity index (χ1) is 24.9. The van der Waals surface area contributed by atoms with Crippen molar-refractivity contribution >= 4 is 41.2 Å². The van der Waals surface area contributed by atoms with Crippen molar-refractivity contribution in [3.05, 3.63) is 71.4 Å². The second kappa shape index (κ2) is 14.9. The average Bonchev–Trinajstić information content (AvgIpc) is 3.84. The van der Waals surface area contributed by atoms with Gasteiger partial charge in [0, 0.05) is 37.3 Å². The Balaban J connectivity index is 0.922. The predicted octanol–water partition coefficient (Wildman–Crippen LogP) is 7.32. The van der Waals surface area contributed by atoms with E-state index in [1.165, 1.54) is 12.8 Å². The lowest BCUT2D eigenvalue weighted by molar-refractivity contribution is 0.0767. The maximum absolute atomic E-state index is 13.4. The first kappa shape index (κ1) is 34.1. The van der Waals surface area contributed by atoms with Gasteiger partial charge in [0.05, 0.1) is 63.1 Å². The second-order valence-electron chi connectivity index (χ2n) is 13.5. The lowest BCUT2D eigenvalue weighted by Crippen LogP contribution is -2.35. The van der Waals surface area contributed by atoms with E-state index >= 15 is 0 Å². The van der Waals surface area contributed by atoms with Crippen molar-refractivity contribution in [3.8, 4) is 28.7 Å². The van der Waals surface area contributed by atoms with Crippen LogP contribution in [0.1, 0.15) is 77.6 Å². The van der Waals surface area contributed by atoms with Crippen molar-refractivity contribution in [2.75, 3.05) is 41.1 Å². The van der Waals surface area contributed by atoms with Crippen LogP contribution in [0.2, 0.25) is 0 Å². The number of methoxy groups -OCH3 is 3. The van der Waals surface area contributed by atoms with E-state index < -0.39 is 0 Å². The van der Waals surface area contributed by atoms with Crippen LogP contribution < -0.4 is 29.0 Å². The van der Waals surface area contributed by atoms with Crippen LogP contribution in [0.15, 0.2) is 64.7 Å². The number of nitrogens with one attached hydrogen (secondary N) is 1. The topological polar surface area (TPSA) is 120 Å². The summed E-state index contributed by atoms with van der Waals surface area (Å²) in [5.74, 6) is 2.60. The summed E-state index contributed by atoms with van der Waals surface area (Å²) in [5.41, 5.74) is 4.41. The lowest BCUT2D eigenvalue weighted by Gasteiger charge is -2.21. The molecule has 1 aliphatic carbocycles. The van der Waals surface area contributed by atoms with Crippen molar-refractivity contribution in [3.63, 3.8) is 0 Å². The number of allylic oxidation sites excluding steroid dienone is 1. The van der Waals surface area contributed by atoms with Gasteiger partial charge in [-0.3, -0.25) is 19.6 Å². The highest BCUT2D eigenvalue weighted by Gasteiger charge is 2.53. The molecule has 1 spiro atoms. The highest BCUT2D eigenvalue weighted by Crippen LogP contribution is 2.55. The van der Waals surface area contributed by atoms with Gasteiger partial charge < -0.3 is 33.9 Å². The summed E-state index contributed by atoms with van der Waals surface area (Å²) in [4.78, 5) is 38.0. The molecule has 7 rings (SSSR count). The molecule has 0 bridgehead atoms. The maximum Gasteiger partial charge on any atom is 0.257 e. The first-order valence-electron chi connectivity index (χ1n) is 17.6. The summed E-state index contributed by atoms with van der Waals surface area (Å²) in [5, 5.41) is 2.93. The van der Waals surface area contributed by atoms with E-state index in [2.05, 4.69) is 10.3 Å². The minimum atomic E-state index is -0.281. The smallest absolute Gasteiger partial charge is 0.257 e. The second-order valence-corrected chi connectivity index (χ2v) is 13.5. The Morgan fingerprint density at radius 1 is 0.804 bits per heavy atom. The summed E-state index contributed by atoms with van der Waals surface area (Å²) < 4.78 is 28.7. The highest BCUT2D eigenvalue weighted by molar-refractivity contribution is 6.04. The molecule has 3 aromatic carbocycles. The largest absolute Gasteiger partial charge is 0.497 e. The number of benzene rings is 3. The zero-order valence-corrected chi connectivity index (χ0v) is 29.4. The van der Waals surface area contributed by atoms with Crippen molar-refractivity contribution in [2.24, 2.45) is 15.4 Å². The minimum absolute atomic E-state index is 0.0141. The molecule has 3 aliphatic heterocycles. The number of hydrogen-bond acceptors (Lipinski definition) is 9. The molecule has 0 aromatic heterocycles. The zero-order valence-electron chi connectivity index (χ0n) is 29.4. The van der Waals surface area contributed by atoms with Crippen LogP contribution >= 0.6 is 0 Å². The van der Waals surface area contributed by atoms with E-state index in [0.29, 0.717) is 77.0 Å². The van der Waals surface area contributed by atoms with Crippen molar-refractivity contribution in [1.82, 2.24) is 10.2 Å². The molecule has 51 heavy (non-hydrogen) atoms. The molecule has 3 aromatic rings. The predicted molar refractivity (Wildman–Crippen MR) is 196 cm³/mol. The van der Waals surface area contributed by atoms with Gasteiger partial charge >= 0.3 is 0 Å². The van der Waals surface area contributed by atoms with Crippen molar-refractivity contribution in [1.29, 1.82) is 0 Å². The molecule has 0 unspecified atom stereocenters. The number of carbonyl (C=O) groups excluding carboxylic acids is 2. The van der Waals surface area contributed by atoms with Crippen LogP contribution in [-0.2, 0) is 0 Å². The first-order valence-corrected chi connectivity index (χ1v) is 17.6. The van der Waals surface area contributed by atoms with Crippen LogP contribution in [0, 0.1) is 5.41 Å². The summed E-state index contributed by atoms with van der Waals surface area (Å²) in [7, 11) is 4.78. The van der Waals surface area contributed by atoms with Gasteiger partial charge in [-0.05, 0) is 92.2 Å². The Labute approximate surface area is 298 Å². The number of carbonyl (C=O) groups is 2. The quantitative estimate of drug-likeness (QED) is 0.198. The molecular weight excluding hydrogens is 648 g/mol. The average molecular weight is 693 g/mol. The molecule has 11 nitrogen and oxygen atoms in total. The third kappa shape index (κ3) is 7.43. The van der Waals surface area contributed by atoms with Gasteiger partial charge in [0.15, 0.2) is 23.0 Å². The normalized spacial score (nSPS) is 19.5. The Bertz CT molecular complexity index is 1880. The van der Waals surface area contributed by atoms with Crippen LogP contribution in [0.3, 0.4) is 0 Å². The number of fused-ring (bicyclic) bond motifs is 3. The molecule has 4 aliphatic rings. The van der Waals surface area contributed by atoms with E-state index in [4.69, 9.17) is 28.7 Å². The van der Waals surface area contributed by atoms with Crippen LogP contribution in [0.5, 0.6) is 28.7 Å². The third-order valence-electron chi connectivity index (χ3n) is 10.1. The van der Waals surface area contributed by atoms with Crippen molar-refractivity contribution in [2.45, 2.75) is 57.4 Å². The SMILES string of the molecule is COc1ccc(/C2=C/NC(=O)c3cc(OC)c(OCCCCCOc4cc5c(cc4OC)C(=O)N4CC6(CC6)C[C@H]4C=N5)cc3N=CCC2)cc1. The molecule has 1 N–H and O–H groups in total. The molecule has 266 valence electrons. The van der Waals surface area contributed by atoms with Gasteiger partial charge in [-0.15, -0.1) is 0 Å². The third-order valence-corrected chi connectivity index (χ3v) is 10.1. The fourth-order valence-corrected chi connectivity index (χ4v) is 6.99. The van der Waals surface area contributed by atoms with Crippen LogP contribution in [0.25, 0.3) is 5.57 Å². The Morgan fingerprint density at radius 3 is 2.12 bits per heavy atom. The Hall–Kier alpha value is -5.32. The summed E-state index contributed by atoms with van der Waals surface area (Å²) in [6.45, 7) is 1.74. The molecule has 2 amide bonds. The van der Waals surface area contributed by atoms with Crippen LogP contribution in [-0.4, -0.2) is 76.3 Å². The van der Waals surface area contributed by atoms with E-state index in [0.717, 1.165) is 49.1 Å². The van der Waals surface area contributed by atoms with Gasteiger partial charge in [-0.1, -0.05) is 12.1 Å². The van der Waals surface area contributed by atoms with Crippen molar-refractivity contribution < 1.29 is 33.3 Å². The van der Waals surface area contributed by atoms with E-state index in [1.807, 2.05) is 47.7 Å². The highest BCUT2D eigenvalue weighted by atomic mass is 16.5. The lowest BCUT2D eigenvalue weighted by atomic mass is 10.0. The van der Waals surface area contributed by atoms with Gasteiger partial charge in [0.2, 0.25) is 0 Å². The maximum atomic E-state index is 13.4. The van der Waals surface area contributed by atoms with Gasteiger partial charge in [0.25, 0.3) is 11.8 Å². The molecule has 1 saturated heterocycles. The minimum Gasteiger partial charge on any atom is -0.497 e. The van der Waals surface area contributed by atoms with Crippen LogP contribution in [0.4, 0.5) is 11.4 Å². The number of unbranched alkanes of at least 4 members (excludes halogenated alkanes) is 2. The summed E-state index contributed by atoms with van der Waals surface area (Å²) in [6.07, 6.45) is 12.7. The number of amides is 2. The Morgan fingerprint density at radius 2 is 1.47 bits per heavy atom. The van der Waals surface area contributed by atoms with E-state index in [9.17, 15) is 9.59 Å². The summed E-state index contributed by atoms with van der Waals surface area (Å²) in [6, 6.07) is 14.8. The number of aliphatic imine (C=N–C) groups is 2. The van der Waals surface area contributed by atoms with E-state index in [1.54, 1.807) is 45.7 Å². The number of nitrogens with zero attached hydrogens (tertiary/aromatic N) is 3. The fraction of sp³-hybridized carbons (Fsp3) is 0.400. The van der Waals surface area contributed by atoms with Gasteiger partial charge in [-0.25, -0.2) is 0 Å². The van der Waals surface area contributed by atoms with Gasteiger partial charge in [0.1, 0.15) is 5.75 Å². The Kier molecular flexibility index (Phi) is 9.96. The number of rotatable bonds is 12. The zero-order chi connectivity index (χ0) is 35.4. The molecule has 11 heteroatoms. The van der Waals surface area contributed by atoms with E-state index in [-0.39, 0.29) is 17.9 Å². The standard InChI is InChI=1S/C40H44N4O7/c1-47-29-11-9-26(10-12-29)27-8-7-15-41-32-20-36(34(48-2)18-30(32)38(45)43-23-27)50-16-5-4-6-17-51-37-21-33-31(19-35(37)49-3)39(46)44-25-40(13-14-40)22-28(44)24-42-33/h9-12,15,18-21,23-24,28H,4-8,13-14,16-17,22,25H2,1-3H3,(H,43,45)/b27-23+,41-15?/t28-/m0/s1. The number of hydrogen-bond donors (Lipinski definition) is 1. The molecule has 1 atom stereocenters.